The molecule has 1 aromatic heterocycles. The van der Waals surface area contributed by atoms with E-state index in [0.29, 0.717) is 31.0 Å². The predicted octanol–water partition coefficient (Wildman–Crippen LogP) is 2.99. The molecule has 4 rings (SSSR count). The molecule has 2 heterocycles. The van der Waals surface area contributed by atoms with E-state index in [1.165, 1.54) is 5.56 Å². The first-order valence-corrected chi connectivity index (χ1v) is 11.1. The summed E-state index contributed by atoms with van der Waals surface area (Å²) in [7, 11) is 5.65. The summed E-state index contributed by atoms with van der Waals surface area (Å²) in [6.07, 6.45) is 2.46. The van der Waals surface area contributed by atoms with Gasteiger partial charge < -0.3 is 25.0 Å². The first-order chi connectivity index (χ1) is 15.9. The van der Waals surface area contributed by atoms with Crippen LogP contribution in [-0.2, 0) is 17.8 Å². The minimum absolute atomic E-state index is 0.0897. The van der Waals surface area contributed by atoms with Crippen molar-refractivity contribution >= 4 is 11.6 Å². The second-order valence-corrected chi connectivity index (χ2v) is 8.51. The summed E-state index contributed by atoms with van der Waals surface area (Å²) in [6.45, 7) is 3.88. The van der Waals surface area contributed by atoms with Gasteiger partial charge in [0.05, 0.1) is 24.5 Å². The summed E-state index contributed by atoms with van der Waals surface area (Å²) in [4.78, 5) is 15.2. The van der Waals surface area contributed by atoms with Crippen molar-refractivity contribution in [2.45, 2.75) is 25.9 Å². The van der Waals surface area contributed by atoms with Crippen LogP contribution < -0.4 is 20.1 Å². The number of hydrogen-bond donors (Lipinski definition) is 3. The van der Waals surface area contributed by atoms with Crippen LogP contribution in [0.5, 0.6) is 11.5 Å². The lowest BCUT2D eigenvalue weighted by Gasteiger charge is -2.26. The van der Waals surface area contributed by atoms with Gasteiger partial charge in [0.1, 0.15) is 18.1 Å². The average Bonchev–Trinajstić information content (AvgIpc) is 3.24. The molecule has 2 aromatic carbocycles. The molecule has 0 fully saturated rings. The Hall–Kier alpha value is -3.36. The molecule has 0 radical (unpaired) electrons. The zero-order chi connectivity index (χ0) is 23.4. The van der Waals surface area contributed by atoms with Gasteiger partial charge in [0, 0.05) is 24.8 Å². The summed E-state index contributed by atoms with van der Waals surface area (Å²) >= 11 is 0. The molecule has 3 aromatic rings. The number of anilines is 1. The van der Waals surface area contributed by atoms with Crippen molar-refractivity contribution in [2.24, 2.45) is 0 Å². The normalized spacial score (nSPS) is 15.2. The van der Waals surface area contributed by atoms with E-state index < -0.39 is 0 Å². The molecule has 0 bridgehead atoms. The number of nitrogens with zero attached hydrogens (tertiary/aromatic N) is 2. The van der Waals surface area contributed by atoms with Crippen LogP contribution in [0.3, 0.4) is 0 Å². The molecule has 0 aliphatic carbocycles. The fourth-order valence-corrected chi connectivity index (χ4v) is 3.92. The van der Waals surface area contributed by atoms with Crippen molar-refractivity contribution in [2.75, 3.05) is 39.7 Å². The van der Waals surface area contributed by atoms with Crippen molar-refractivity contribution in [3.63, 3.8) is 0 Å². The number of methoxy groups -OCH3 is 1. The molecule has 8 heteroatoms. The van der Waals surface area contributed by atoms with Crippen LogP contribution in [0.4, 0.5) is 5.69 Å². The third kappa shape index (κ3) is 5.35. The number of aromatic nitrogens is 2. The largest absolute Gasteiger partial charge is 0.497 e. The van der Waals surface area contributed by atoms with E-state index in [4.69, 9.17) is 9.47 Å². The second-order valence-electron chi connectivity index (χ2n) is 8.51. The number of nitrogens with one attached hydrogen (secondary N) is 3. The lowest BCUT2D eigenvalue weighted by atomic mass is 9.95. The first-order valence-electron chi connectivity index (χ1n) is 11.1. The van der Waals surface area contributed by atoms with Gasteiger partial charge in [-0.3, -0.25) is 9.89 Å². The van der Waals surface area contributed by atoms with Crippen LogP contribution in [-0.4, -0.2) is 61.4 Å². The van der Waals surface area contributed by atoms with Crippen LogP contribution in [0.2, 0.25) is 0 Å². The molecule has 8 nitrogen and oxygen atoms in total. The molecule has 0 spiro atoms. The molecule has 3 N–H and O–H groups in total. The van der Waals surface area contributed by atoms with Gasteiger partial charge in [-0.25, -0.2) is 0 Å². The van der Waals surface area contributed by atoms with Crippen molar-refractivity contribution in [1.82, 2.24) is 20.4 Å². The molecule has 1 aliphatic heterocycles. The maximum Gasteiger partial charge on any atom is 0.241 e. The number of rotatable bonds is 8. The van der Waals surface area contributed by atoms with Gasteiger partial charge in [-0.15, -0.1) is 0 Å². The Morgan fingerprint density at radius 3 is 2.79 bits per heavy atom. The zero-order valence-corrected chi connectivity index (χ0v) is 19.6. The van der Waals surface area contributed by atoms with Gasteiger partial charge in [0.15, 0.2) is 0 Å². The topological polar surface area (TPSA) is 91.5 Å². The van der Waals surface area contributed by atoms with Gasteiger partial charge >= 0.3 is 0 Å². The van der Waals surface area contributed by atoms with E-state index >= 15 is 0 Å². The van der Waals surface area contributed by atoms with Gasteiger partial charge in [-0.2, -0.15) is 5.10 Å². The van der Waals surface area contributed by atoms with Gasteiger partial charge in [0.25, 0.3) is 0 Å². The highest BCUT2D eigenvalue weighted by atomic mass is 16.5. The zero-order valence-electron chi connectivity index (χ0n) is 19.6. The molecule has 1 aliphatic rings. The van der Waals surface area contributed by atoms with Crippen molar-refractivity contribution in [1.29, 1.82) is 0 Å². The molecule has 174 valence electrons. The summed E-state index contributed by atoms with van der Waals surface area (Å²) in [6, 6.07) is 11.5. The van der Waals surface area contributed by atoms with E-state index in [0.717, 1.165) is 34.7 Å². The molecular formula is C25H31N5O3. The minimum Gasteiger partial charge on any atom is -0.497 e. The SMILES string of the molecule is COc1ccc2c(c1)C[C@@H](C(=O)Nc1ccc(-c3c[nH]nc3C)cc1OCCN(C)C)NC2. The standard InChI is InChI=1S/C25H31N5O3/c1-16-21(15-27-29-16)17-6-8-22(24(13-17)33-10-9-30(2)3)28-25(31)23-12-19-11-20(32-4)7-5-18(19)14-26-23/h5-8,11,13,15,23,26H,9-10,12,14H2,1-4H3,(H,27,29)(H,28,31)/t23-/m0/s1. The Labute approximate surface area is 194 Å². The number of aromatic amines is 1. The Bertz CT molecular complexity index is 1120. The van der Waals surface area contributed by atoms with Gasteiger partial charge in [0.2, 0.25) is 5.91 Å². The quantitative estimate of drug-likeness (QED) is 0.490. The number of aryl methyl sites for hydroxylation is 1. The van der Waals surface area contributed by atoms with Gasteiger partial charge in [-0.05, 0) is 68.4 Å². The highest BCUT2D eigenvalue weighted by molar-refractivity contribution is 5.97. The Balaban J connectivity index is 1.53. The highest BCUT2D eigenvalue weighted by Gasteiger charge is 2.25. The van der Waals surface area contributed by atoms with Crippen LogP contribution in [0.1, 0.15) is 16.8 Å². The minimum atomic E-state index is -0.338. The first kappa shape index (κ1) is 22.8. The van der Waals surface area contributed by atoms with Crippen LogP contribution in [0.25, 0.3) is 11.1 Å². The van der Waals surface area contributed by atoms with Crippen molar-refractivity contribution < 1.29 is 14.3 Å². The summed E-state index contributed by atoms with van der Waals surface area (Å²) < 4.78 is 11.4. The molecule has 1 atom stereocenters. The monoisotopic (exact) mass is 449 g/mol. The summed E-state index contributed by atoms with van der Waals surface area (Å²) in [5.41, 5.74) is 5.86. The molecule has 0 unspecified atom stereocenters. The van der Waals surface area contributed by atoms with Crippen LogP contribution >= 0.6 is 0 Å². The van der Waals surface area contributed by atoms with Gasteiger partial charge in [-0.1, -0.05) is 12.1 Å². The fraction of sp³-hybridized carbons (Fsp3) is 0.360. The van der Waals surface area contributed by atoms with Crippen molar-refractivity contribution in [3.8, 4) is 22.6 Å². The molecular weight excluding hydrogens is 418 g/mol. The average molecular weight is 450 g/mol. The molecule has 0 saturated heterocycles. The number of fused-ring (bicyclic) bond motifs is 1. The van der Waals surface area contributed by atoms with E-state index in [2.05, 4.69) is 25.7 Å². The molecule has 1 amide bonds. The van der Waals surface area contributed by atoms with Crippen molar-refractivity contribution in [3.05, 3.63) is 59.4 Å². The van der Waals surface area contributed by atoms with E-state index in [1.54, 1.807) is 7.11 Å². The summed E-state index contributed by atoms with van der Waals surface area (Å²) in [5.74, 6) is 1.35. The lowest BCUT2D eigenvalue weighted by Crippen LogP contribution is -2.44. The summed E-state index contributed by atoms with van der Waals surface area (Å²) in [5, 5.41) is 13.5. The van der Waals surface area contributed by atoms with Crippen LogP contribution in [0, 0.1) is 6.92 Å². The number of carbonyl (C=O) groups is 1. The molecule has 0 saturated carbocycles. The number of amides is 1. The fourth-order valence-electron chi connectivity index (χ4n) is 3.92. The predicted molar refractivity (Wildman–Crippen MR) is 129 cm³/mol. The van der Waals surface area contributed by atoms with E-state index in [1.807, 2.05) is 63.6 Å². The number of carbonyl (C=O) groups excluding carboxylic acids is 1. The smallest absolute Gasteiger partial charge is 0.241 e. The number of ether oxygens (including phenoxy) is 2. The van der Waals surface area contributed by atoms with Crippen LogP contribution in [0.15, 0.2) is 42.6 Å². The maximum atomic E-state index is 13.2. The third-order valence-corrected chi connectivity index (χ3v) is 5.87. The third-order valence-electron chi connectivity index (χ3n) is 5.87. The van der Waals surface area contributed by atoms with E-state index in [9.17, 15) is 4.79 Å². The Morgan fingerprint density at radius 2 is 2.06 bits per heavy atom. The Kier molecular flexibility index (Phi) is 6.96. The number of benzene rings is 2. The van der Waals surface area contributed by atoms with E-state index in [-0.39, 0.29) is 11.9 Å². The number of H-pyrrole nitrogens is 1. The second kappa shape index (κ2) is 10.1. The number of hydrogen-bond acceptors (Lipinski definition) is 6. The Morgan fingerprint density at radius 1 is 1.21 bits per heavy atom. The maximum absolute atomic E-state index is 13.2. The number of likely N-dealkylation sites (N-methyl/N-ethyl adjacent to an activating group) is 1. The lowest BCUT2D eigenvalue weighted by molar-refractivity contribution is -0.118. The highest BCUT2D eigenvalue weighted by Crippen LogP contribution is 2.32. The molecule has 33 heavy (non-hydrogen) atoms.